The largest absolute Gasteiger partial charge is 0.417 e. The number of nitrogens with one attached hydrogen (secondary N) is 1. The first-order valence-electron chi connectivity index (χ1n) is 7.10. The van der Waals surface area contributed by atoms with Crippen LogP contribution in [0, 0.1) is 23.1 Å². The van der Waals surface area contributed by atoms with Gasteiger partial charge in [-0.3, -0.25) is 9.48 Å². The number of hydrogen-bond donors (Lipinski definition) is 1. The van der Waals surface area contributed by atoms with Crippen LogP contribution < -0.4 is 5.32 Å². The van der Waals surface area contributed by atoms with Crippen molar-refractivity contribution in [3.8, 4) is 6.07 Å². The minimum Gasteiger partial charge on any atom is -0.329 e. The summed E-state index contributed by atoms with van der Waals surface area (Å²) < 4.78 is 52.9. The quantitative estimate of drug-likeness (QED) is 0.856. The van der Waals surface area contributed by atoms with E-state index in [1.807, 2.05) is 0 Å². The van der Waals surface area contributed by atoms with E-state index in [9.17, 15) is 22.4 Å². The molecule has 1 aromatic heterocycles. The SMILES string of the molecule is CC1CC(C#N)=C(C(F)(F)F)C=C1NC(=O)CCn1cc(F)cn1. The van der Waals surface area contributed by atoms with Crippen molar-refractivity contribution in [3.63, 3.8) is 0 Å². The predicted molar refractivity (Wildman–Crippen MR) is 75.5 cm³/mol. The second-order valence-corrected chi connectivity index (χ2v) is 5.43. The molecular formula is C15H14F4N4O. The Morgan fingerprint density at radius 1 is 1.54 bits per heavy atom. The molecule has 1 aliphatic rings. The summed E-state index contributed by atoms with van der Waals surface area (Å²) in [5, 5.41) is 15.0. The summed E-state index contributed by atoms with van der Waals surface area (Å²) in [7, 11) is 0. The molecule has 24 heavy (non-hydrogen) atoms. The molecule has 1 amide bonds. The van der Waals surface area contributed by atoms with Gasteiger partial charge in [-0.1, -0.05) is 6.92 Å². The maximum absolute atomic E-state index is 13.0. The van der Waals surface area contributed by atoms with Gasteiger partial charge in [-0.15, -0.1) is 0 Å². The summed E-state index contributed by atoms with van der Waals surface area (Å²) >= 11 is 0. The van der Waals surface area contributed by atoms with Crippen LogP contribution in [0.5, 0.6) is 0 Å². The van der Waals surface area contributed by atoms with Gasteiger partial charge in [0.05, 0.1) is 24.0 Å². The number of carbonyl (C=O) groups excluding carboxylic acids is 1. The molecule has 128 valence electrons. The lowest BCUT2D eigenvalue weighted by Gasteiger charge is -2.24. The first-order valence-corrected chi connectivity index (χ1v) is 7.10. The normalized spacial score (nSPS) is 18.2. The zero-order chi connectivity index (χ0) is 17.9. The second kappa shape index (κ2) is 6.86. The number of rotatable bonds is 4. The van der Waals surface area contributed by atoms with Crippen LogP contribution in [-0.2, 0) is 11.3 Å². The summed E-state index contributed by atoms with van der Waals surface area (Å²) in [4.78, 5) is 11.9. The average molecular weight is 342 g/mol. The average Bonchev–Trinajstić information content (AvgIpc) is 2.91. The highest BCUT2D eigenvalue weighted by molar-refractivity contribution is 5.78. The molecule has 0 saturated heterocycles. The van der Waals surface area contributed by atoms with Crippen molar-refractivity contribution in [2.45, 2.75) is 32.5 Å². The van der Waals surface area contributed by atoms with E-state index in [2.05, 4.69) is 10.4 Å². The van der Waals surface area contributed by atoms with Gasteiger partial charge in [-0.25, -0.2) is 4.39 Å². The number of alkyl halides is 3. The molecule has 0 aromatic carbocycles. The number of nitrogens with zero attached hydrogens (tertiary/aromatic N) is 3. The number of halogens is 4. The number of aryl methyl sites for hydroxylation is 1. The summed E-state index contributed by atoms with van der Waals surface area (Å²) in [6, 6.07) is 1.57. The summed E-state index contributed by atoms with van der Waals surface area (Å²) in [6.45, 7) is 1.72. The van der Waals surface area contributed by atoms with Gasteiger partial charge in [0, 0.05) is 30.2 Å². The molecule has 0 bridgehead atoms. The summed E-state index contributed by atoms with van der Waals surface area (Å²) in [5.41, 5.74) is -1.27. The van der Waals surface area contributed by atoms with Gasteiger partial charge in [0.15, 0.2) is 5.82 Å². The molecule has 1 aliphatic carbocycles. The van der Waals surface area contributed by atoms with Gasteiger partial charge < -0.3 is 5.32 Å². The number of allylic oxidation sites excluding steroid dienone is 4. The van der Waals surface area contributed by atoms with Gasteiger partial charge >= 0.3 is 6.18 Å². The molecule has 2 rings (SSSR count). The van der Waals surface area contributed by atoms with Gasteiger partial charge in [0.2, 0.25) is 5.91 Å². The maximum Gasteiger partial charge on any atom is 0.417 e. The number of aromatic nitrogens is 2. The smallest absolute Gasteiger partial charge is 0.329 e. The molecule has 9 heteroatoms. The van der Waals surface area contributed by atoms with Gasteiger partial charge in [0.1, 0.15) is 0 Å². The van der Waals surface area contributed by atoms with Crippen LogP contribution in [0.1, 0.15) is 19.8 Å². The highest BCUT2D eigenvalue weighted by Crippen LogP contribution is 2.37. The van der Waals surface area contributed by atoms with Crippen molar-refractivity contribution in [1.82, 2.24) is 15.1 Å². The summed E-state index contributed by atoms with van der Waals surface area (Å²) in [6.07, 6.45) is -1.91. The Labute approximate surface area is 135 Å². The Morgan fingerprint density at radius 2 is 2.25 bits per heavy atom. The minimum absolute atomic E-state index is 0.0681. The van der Waals surface area contributed by atoms with E-state index >= 15 is 0 Å². The van der Waals surface area contributed by atoms with Crippen LogP contribution >= 0.6 is 0 Å². The Bertz CT molecular complexity index is 739. The van der Waals surface area contributed by atoms with Crippen molar-refractivity contribution >= 4 is 5.91 Å². The number of nitriles is 1. The standard InChI is InChI=1S/C15H14F4N4O/c1-9-4-10(6-20)12(15(17,18)19)5-13(9)22-14(24)2-3-23-8-11(16)7-21-23/h5,7-9H,2-4H2,1H3,(H,22,24). The van der Waals surface area contributed by atoms with Gasteiger partial charge in [0.25, 0.3) is 0 Å². The molecule has 1 N–H and O–H groups in total. The monoisotopic (exact) mass is 342 g/mol. The van der Waals surface area contributed by atoms with Crippen molar-refractivity contribution < 1.29 is 22.4 Å². The Kier molecular flexibility index (Phi) is 5.07. The van der Waals surface area contributed by atoms with Crippen molar-refractivity contribution in [1.29, 1.82) is 5.26 Å². The molecule has 5 nitrogen and oxygen atoms in total. The van der Waals surface area contributed by atoms with Gasteiger partial charge in [-0.05, 0) is 12.5 Å². The van der Waals surface area contributed by atoms with E-state index in [1.165, 1.54) is 4.68 Å². The molecule has 1 atom stereocenters. The van der Waals surface area contributed by atoms with Crippen molar-refractivity contribution in [2.24, 2.45) is 5.92 Å². The van der Waals surface area contributed by atoms with Crippen LogP contribution in [0.4, 0.5) is 17.6 Å². The molecule has 0 radical (unpaired) electrons. The van der Waals surface area contributed by atoms with E-state index in [4.69, 9.17) is 5.26 Å². The van der Waals surface area contributed by atoms with Crippen molar-refractivity contribution in [2.75, 3.05) is 0 Å². The first-order chi connectivity index (χ1) is 11.2. The Balaban J connectivity index is 2.07. The fraction of sp³-hybridized carbons (Fsp3) is 0.400. The van der Waals surface area contributed by atoms with Gasteiger partial charge in [-0.2, -0.15) is 23.5 Å². The minimum atomic E-state index is -4.66. The highest BCUT2D eigenvalue weighted by atomic mass is 19.4. The topological polar surface area (TPSA) is 70.7 Å². The fourth-order valence-electron chi connectivity index (χ4n) is 2.33. The molecule has 1 aromatic rings. The van der Waals surface area contributed by atoms with E-state index in [0.717, 1.165) is 18.5 Å². The molecule has 1 heterocycles. The van der Waals surface area contributed by atoms with Crippen LogP contribution in [0.3, 0.4) is 0 Å². The third-order valence-corrected chi connectivity index (χ3v) is 3.56. The lowest BCUT2D eigenvalue weighted by molar-refractivity contribution is -0.120. The maximum atomic E-state index is 13.0. The van der Waals surface area contributed by atoms with Crippen LogP contribution in [0.2, 0.25) is 0 Å². The predicted octanol–water partition coefficient (Wildman–Crippen LogP) is 2.83. The zero-order valence-electron chi connectivity index (χ0n) is 12.7. The lowest BCUT2D eigenvalue weighted by Crippen LogP contribution is -2.30. The number of amides is 1. The van der Waals surface area contributed by atoms with E-state index in [-0.39, 0.29) is 30.7 Å². The third-order valence-electron chi connectivity index (χ3n) is 3.56. The summed E-state index contributed by atoms with van der Waals surface area (Å²) in [5.74, 6) is -1.47. The molecule has 0 aliphatic heterocycles. The first kappa shape index (κ1) is 17.7. The van der Waals surface area contributed by atoms with Crippen LogP contribution in [0.15, 0.2) is 35.3 Å². The molecular weight excluding hydrogens is 328 g/mol. The number of carbonyl (C=O) groups is 1. The van der Waals surface area contributed by atoms with Crippen LogP contribution in [-0.4, -0.2) is 21.9 Å². The lowest BCUT2D eigenvalue weighted by atomic mass is 9.88. The van der Waals surface area contributed by atoms with Crippen LogP contribution in [0.25, 0.3) is 0 Å². The zero-order valence-corrected chi connectivity index (χ0v) is 12.7. The Morgan fingerprint density at radius 3 is 2.79 bits per heavy atom. The van der Waals surface area contributed by atoms with E-state index < -0.39 is 29.4 Å². The fourth-order valence-corrected chi connectivity index (χ4v) is 2.33. The highest BCUT2D eigenvalue weighted by Gasteiger charge is 2.38. The molecule has 0 spiro atoms. The van der Waals surface area contributed by atoms with Crippen molar-refractivity contribution in [3.05, 3.63) is 41.1 Å². The Hall–Kier alpha value is -2.63. The van der Waals surface area contributed by atoms with E-state index in [1.54, 1.807) is 13.0 Å². The molecule has 1 unspecified atom stereocenters. The molecule has 0 saturated carbocycles. The third kappa shape index (κ3) is 4.22. The molecule has 0 fully saturated rings. The second-order valence-electron chi connectivity index (χ2n) is 5.43. The van der Waals surface area contributed by atoms with E-state index in [0.29, 0.717) is 0 Å². The number of hydrogen-bond acceptors (Lipinski definition) is 3.